The molecule has 1 fully saturated rings. The molecule has 3 aromatic rings. The summed E-state index contributed by atoms with van der Waals surface area (Å²) in [6.07, 6.45) is 9.87. The Hall–Kier alpha value is -1.81. The highest BCUT2D eigenvalue weighted by molar-refractivity contribution is 7.09. The molecule has 0 unspecified atom stereocenters. The van der Waals surface area contributed by atoms with E-state index in [4.69, 9.17) is 0 Å². The lowest BCUT2D eigenvalue weighted by Crippen LogP contribution is -2.15. The summed E-state index contributed by atoms with van der Waals surface area (Å²) in [5.74, 6) is 1.68. The van der Waals surface area contributed by atoms with Gasteiger partial charge >= 0.3 is 0 Å². The lowest BCUT2D eigenvalue weighted by Gasteiger charge is -2.30. The van der Waals surface area contributed by atoms with E-state index in [0.29, 0.717) is 11.8 Å². The number of rotatable bonds is 4. The van der Waals surface area contributed by atoms with Crippen LogP contribution >= 0.6 is 11.3 Å². The zero-order chi connectivity index (χ0) is 17.2. The van der Waals surface area contributed by atoms with Gasteiger partial charge in [0.1, 0.15) is 5.82 Å². The van der Waals surface area contributed by atoms with E-state index < -0.39 is 0 Å². The molecular weight excluding hydrogens is 331 g/mol. The van der Waals surface area contributed by atoms with Crippen LogP contribution in [-0.2, 0) is 0 Å². The number of pyridine rings is 1. The first-order valence-electron chi connectivity index (χ1n) is 9.14. The first kappa shape index (κ1) is 16.6. The molecule has 1 aliphatic carbocycles. The van der Waals surface area contributed by atoms with Crippen molar-refractivity contribution in [3.8, 4) is 0 Å². The van der Waals surface area contributed by atoms with Crippen molar-refractivity contribution in [2.45, 2.75) is 50.9 Å². The number of hydrogen-bond donors (Lipinski definition) is 0. The predicted molar refractivity (Wildman–Crippen MR) is 102 cm³/mol. The molecule has 2 heterocycles. The fourth-order valence-corrected chi connectivity index (χ4v) is 4.99. The van der Waals surface area contributed by atoms with Gasteiger partial charge in [0.05, 0.1) is 10.5 Å². The molecule has 2 nitrogen and oxygen atoms in total. The monoisotopic (exact) mass is 354 g/mol. The summed E-state index contributed by atoms with van der Waals surface area (Å²) in [6, 6.07) is 7.02. The van der Waals surface area contributed by atoms with Crippen LogP contribution in [0.2, 0.25) is 0 Å². The average Bonchev–Trinajstić information content (AvgIpc) is 3.17. The van der Waals surface area contributed by atoms with Crippen molar-refractivity contribution in [2.75, 3.05) is 0 Å². The molecule has 4 heteroatoms. The first-order chi connectivity index (χ1) is 12.2. The van der Waals surface area contributed by atoms with Crippen molar-refractivity contribution in [3.05, 3.63) is 58.4 Å². The number of nitrogens with zero attached hydrogens (tertiary/aromatic N) is 2. The summed E-state index contributed by atoms with van der Waals surface area (Å²) in [5.41, 5.74) is 2.18. The molecule has 130 valence electrons. The maximum atomic E-state index is 13.7. The van der Waals surface area contributed by atoms with E-state index in [1.54, 1.807) is 23.5 Å². The van der Waals surface area contributed by atoms with Crippen molar-refractivity contribution < 1.29 is 4.39 Å². The lowest BCUT2D eigenvalue weighted by atomic mass is 9.75. The predicted octanol–water partition coefficient (Wildman–Crippen LogP) is 6.30. The van der Waals surface area contributed by atoms with E-state index in [1.807, 2.05) is 12.4 Å². The van der Waals surface area contributed by atoms with Gasteiger partial charge in [-0.05, 0) is 73.8 Å². The normalized spacial score (nSPS) is 22.2. The van der Waals surface area contributed by atoms with Gasteiger partial charge in [-0.2, -0.15) is 0 Å². The van der Waals surface area contributed by atoms with Crippen LogP contribution in [0.25, 0.3) is 10.9 Å². The van der Waals surface area contributed by atoms with Gasteiger partial charge in [0, 0.05) is 29.1 Å². The number of thiazole rings is 1. The van der Waals surface area contributed by atoms with Crippen LogP contribution < -0.4 is 0 Å². The van der Waals surface area contributed by atoms with Gasteiger partial charge in [-0.25, -0.2) is 9.37 Å². The highest BCUT2D eigenvalue weighted by Crippen LogP contribution is 2.41. The molecule has 2 aromatic heterocycles. The van der Waals surface area contributed by atoms with Crippen molar-refractivity contribution >= 4 is 22.2 Å². The third-order valence-electron chi connectivity index (χ3n) is 5.58. The first-order valence-corrected chi connectivity index (χ1v) is 10.0. The zero-order valence-electron chi connectivity index (χ0n) is 14.5. The van der Waals surface area contributed by atoms with E-state index in [-0.39, 0.29) is 5.82 Å². The number of aromatic nitrogens is 2. The second-order valence-corrected chi connectivity index (χ2v) is 8.21. The molecule has 4 rings (SSSR count). The van der Waals surface area contributed by atoms with Crippen LogP contribution in [0.3, 0.4) is 0 Å². The molecule has 25 heavy (non-hydrogen) atoms. The van der Waals surface area contributed by atoms with Gasteiger partial charge < -0.3 is 0 Å². The quantitative estimate of drug-likeness (QED) is 0.549. The zero-order valence-corrected chi connectivity index (χ0v) is 15.3. The van der Waals surface area contributed by atoms with E-state index in [2.05, 4.69) is 28.3 Å². The Morgan fingerprint density at radius 1 is 1.12 bits per heavy atom. The Kier molecular flexibility index (Phi) is 4.80. The van der Waals surface area contributed by atoms with Gasteiger partial charge in [-0.1, -0.05) is 6.92 Å². The molecule has 0 bridgehead atoms. The average molecular weight is 354 g/mol. The Labute approximate surface area is 152 Å². The summed E-state index contributed by atoms with van der Waals surface area (Å²) < 4.78 is 13.7. The number of halogens is 1. The summed E-state index contributed by atoms with van der Waals surface area (Å²) in [5, 5.41) is 4.32. The van der Waals surface area contributed by atoms with E-state index >= 15 is 0 Å². The van der Waals surface area contributed by atoms with Crippen LogP contribution in [0.15, 0.2) is 42.0 Å². The van der Waals surface area contributed by atoms with Crippen molar-refractivity contribution in [3.63, 3.8) is 0 Å². The van der Waals surface area contributed by atoms with Gasteiger partial charge in [0.2, 0.25) is 0 Å². The molecule has 0 radical (unpaired) electrons. The third kappa shape index (κ3) is 3.59. The fourth-order valence-electron chi connectivity index (χ4n) is 4.28. The second-order valence-electron chi connectivity index (χ2n) is 7.29. The minimum absolute atomic E-state index is 0.173. The van der Waals surface area contributed by atoms with E-state index in [9.17, 15) is 4.39 Å². The van der Waals surface area contributed by atoms with E-state index in [1.165, 1.54) is 48.7 Å². The molecule has 0 saturated heterocycles. The summed E-state index contributed by atoms with van der Waals surface area (Å²) in [4.78, 5) is 8.85. The van der Waals surface area contributed by atoms with Gasteiger partial charge in [0.25, 0.3) is 0 Å². The van der Waals surface area contributed by atoms with Gasteiger partial charge in [0.15, 0.2) is 0 Å². The smallest absolute Gasteiger partial charge is 0.123 e. The maximum Gasteiger partial charge on any atom is 0.123 e. The third-order valence-corrected chi connectivity index (χ3v) is 6.59. The lowest BCUT2D eigenvalue weighted by molar-refractivity contribution is 0.298. The minimum Gasteiger partial charge on any atom is -0.256 e. The number of benzene rings is 1. The highest BCUT2D eigenvalue weighted by atomic mass is 32.1. The Balaban J connectivity index is 1.45. The molecule has 0 amide bonds. The highest BCUT2D eigenvalue weighted by Gasteiger charge is 2.25. The van der Waals surface area contributed by atoms with Crippen molar-refractivity contribution in [1.29, 1.82) is 0 Å². The number of hydrogen-bond acceptors (Lipinski definition) is 3. The molecule has 0 spiro atoms. The van der Waals surface area contributed by atoms with Crippen molar-refractivity contribution in [1.82, 2.24) is 9.97 Å². The van der Waals surface area contributed by atoms with E-state index in [0.717, 1.165) is 16.8 Å². The maximum absolute atomic E-state index is 13.7. The Morgan fingerprint density at radius 3 is 2.72 bits per heavy atom. The Morgan fingerprint density at radius 2 is 1.96 bits per heavy atom. The molecule has 1 saturated carbocycles. The summed E-state index contributed by atoms with van der Waals surface area (Å²) >= 11 is 1.77. The van der Waals surface area contributed by atoms with Crippen LogP contribution in [0.1, 0.15) is 61.4 Å². The van der Waals surface area contributed by atoms with Crippen LogP contribution in [0, 0.1) is 11.7 Å². The summed E-state index contributed by atoms with van der Waals surface area (Å²) in [6.45, 7) is 2.30. The molecule has 1 atom stereocenters. The second kappa shape index (κ2) is 7.20. The number of fused-ring (bicyclic) bond motifs is 1. The van der Waals surface area contributed by atoms with Crippen LogP contribution in [0.5, 0.6) is 0 Å². The Bertz CT molecular complexity index is 838. The standard InChI is InChI=1S/C21H23FN2S/c1-14(21-24-10-11-25-21)12-15-2-4-16(5-3-15)18-8-9-23-20-7-6-17(22)13-19(18)20/h6-11,13-16H,2-5,12H2,1H3/t14-,15-,16+/m1/s1. The molecular formula is C21H23FN2S. The molecule has 0 aliphatic heterocycles. The SMILES string of the molecule is C[C@H](C[C@H]1CC[C@@H](c2ccnc3ccc(F)cc32)CC1)c1nccs1. The van der Waals surface area contributed by atoms with Gasteiger partial charge in [-0.15, -0.1) is 11.3 Å². The minimum atomic E-state index is -0.173. The molecule has 1 aromatic carbocycles. The topological polar surface area (TPSA) is 25.8 Å². The van der Waals surface area contributed by atoms with Crippen molar-refractivity contribution in [2.24, 2.45) is 5.92 Å². The van der Waals surface area contributed by atoms with Crippen LogP contribution in [-0.4, -0.2) is 9.97 Å². The largest absolute Gasteiger partial charge is 0.256 e. The summed E-state index contributed by atoms with van der Waals surface area (Å²) in [7, 11) is 0. The molecule has 1 aliphatic rings. The van der Waals surface area contributed by atoms with Crippen LogP contribution in [0.4, 0.5) is 4.39 Å². The van der Waals surface area contributed by atoms with Gasteiger partial charge in [-0.3, -0.25) is 4.98 Å². The fraction of sp³-hybridized carbons (Fsp3) is 0.429. The molecule has 0 N–H and O–H groups in total.